The van der Waals surface area contributed by atoms with Gasteiger partial charge in [0.25, 0.3) is 10.0 Å². The highest BCUT2D eigenvalue weighted by Gasteiger charge is 2.42. The lowest BCUT2D eigenvalue weighted by atomic mass is 9.75. The van der Waals surface area contributed by atoms with Gasteiger partial charge in [-0.05, 0) is 43.0 Å². The summed E-state index contributed by atoms with van der Waals surface area (Å²) >= 11 is 1.15. The molecule has 6 nitrogen and oxygen atoms in total. The molecule has 0 bridgehead atoms. The van der Waals surface area contributed by atoms with E-state index in [-0.39, 0.29) is 10.0 Å². The number of rotatable bonds is 5. The lowest BCUT2D eigenvalue weighted by Gasteiger charge is -2.39. The van der Waals surface area contributed by atoms with Crippen LogP contribution in [0.4, 0.5) is 0 Å². The van der Waals surface area contributed by atoms with Crippen molar-refractivity contribution >= 4 is 27.2 Å². The van der Waals surface area contributed by atoms with Crippen LogP contribution in [0.2, 0.25) is 0 Å². The van der Waals surface area contributed by atoms with Crippen molar-refractivity contribution in [2.45, 2.75) is 48.8 Å². The summed E-state index contributed by atoms with van der Waals surface area (Å²) < 4.78 is 27.8. The highest BCUT2D eigenvalue weighted by atomic mass is 32.2. The van der Waals surface area contributed by atoms with Gasteiger partial charge in [-0.2, -0.15) is 4.72 Å². The number of hydrogen-bond acceptors (Lipinski definition) is 5. The molecule has 1 fully saturated rings. The molecule has 4 N–H and O–H groups in total. The Hall–Kier alpha value is -1.12. The van der Waals surface area contributed by atoms with Crippen molar-refractivity contribution in [3.63, 3.8) is 0 Å². The molecular weight excluding hydrogens is 310 g/mol. The Labute approximate surface area is 129 Å². The Morgan fingerprint density at radius 1 is 1.57 bits per heavy atom. The maximum absolute atomic E-state index is 12.4. The third-order valence-electron chi connectivity index (χ3n) is 4.22. The minimum Gasteiger partial charge on any atom is -0.409 e. The van der Waals surface area contributed by atoms with Crippen LogP contribution in [0.15, 0.2) is 26.9 Å². The molecule has 1 aromatic heterocycles. The monoisotopic (exact) mass is 331 g/mol. The summed E-state index contributed by atoms with van der Waals surface area (Å²) in [7, 11) is -3.66. The van der Waals surface area contributed by atoms with E-state index in [0.29, 0.717) is 18.8 Å². The van der Waals surface area contributed by atoms with E-state index in [4.69, 9.17) is 10.9 Å². The van der Waals surface area contributed by atoms with Crippen molar-refractivity contribution in [1.29, 1.82) is 0 Å². The minimum atomic E-state index is -3.66. The average Bonchev–Trinajstić information content (AvgIpc) is 3.02. The largest absolute Gasteiger partial charge is 0.409 e. The number of amidine groups is 1. The summed E-state index contributed by atoms with van der Waals surface area (Å²) in [6.07, 6.45) is 3.88. The average molecular weight is 331 g/mol. The second kappa shape index (κ2) is 6.33. The smallest absolute Gasteiger partial charge is 0.250 e. The first-order valence-corrected chi connectivity index (χ1v) is 9.35. The Morgan fingerprint density at radius 3 is 2.71 bits per heavy atom. The van der Waals surface area contributed by atoms with E-state index in [1.54, 1.807) is 17.5 Å². The zero-order valence-electron chi connectivity index (χ0n) is 11.9. The van der Waals surface area contributed by atoms with Gasteiger partial charge in [-0.1, -0.05) is 24.6 Å². The number of nitrogens with zero attached hydrogens (tertiary/aromatic N) is 1. The Morgan fingerprint density at radius 2 is 2.24 bits per heavy atom. The molecule has 0 amide bonds. The molecular formula is C13H21N3O3S2. The molecule has 1 aliphatic carbocycles. The van der Waals surface area contributed by atoms with Crippen molar-refractivity contribution in [2.24, 2.45) is 16.8 Å². The van der Waals surface area contributed by atoms with Crippen LogP contribution in [-0.4, -0.2) is 25.0 Å². The fourth-order valence-corrected chi connectivity index (χ4v) is 5.24. The van der Waals surface area contributed by atoms with Crippen molar-refractivity contribution in [3.8, 4) is 0 Å². The van der Waals surface area contributed by atoms with E-state index in [2.05, 4.69) is 16.8 Å². The molecule has 8 heteroatoms. The van der Waals surface area contributed by atoms with Gasteiger partial charge in [0.15, 0.2) is 5.84 Å². The van der Waals surface area contributed by atoms with Crippen molar-refractivity contribution < 1.29 is 13.6 Å². The standard InChI is InChI=1S/C13H21N3O3S2/c1-2-10-5-7-13(8-6-10,12(14)15-17)16-21(18,19)11-4-3-9-20-11/h3-4,9-10,16-17H,2,5-8H2,1H3,(H2,14,15). The summed E-state index contributed by atoms with van der Waals surface area (Å²) in [5.41, 5.74) is 4.82. The van der Waals surface area contributed by atoms with E-state index in [1.807, 2.05) is 0 Å². The summed E-state index contributed by atoms with van der Waals surface area (Å²) in [6, 6.07) is 3.23. The molecule has 0 radical (unpaired) electrons. The van der Waals surface area contributed by atoms with Crippen LogP contribution in [0.25, 0.3) is 0 Å². The molecule has 0 atom stereocenters. The summed E-state index contributed by atoms with van der Waals surface area (Å²) in [5, 5.41) is 13.8. The van der Waals surface area contributed by atoms with Crippen molar-refractivity contribution in [1.82, 2.24) is 4.72 Å². The minimum absolute atomic E-state index is 0.0582. The predicted octanol–water partition coefficient (Wildman–Crippen LogP) is 2.11. The van der Waals surface area contributed by atoms with Crippen molar-refractivity contribution in [3.05, 3.63) is 17.5 Å². The molecule has 0 saturated heterocycles. The van der Waals surface area contributed by atoms with E-state index in [9.17, 15) is 8.42 Å². The Kier molecular flexibility index (Phi) is 4.90. The highest BCUT2D eigenvalue weighted by Crippen LogP contribution is 2.35. The van der Waals surface area contributed by atoms with Crippen LogP contribution in [0.1, 0.15) is 39.0 Å². The van der Waals surface area contributed by atoms with Crippen LogP contribution >= 0.6 is 11.3 Å². The molecule has 0 spiro atoms. The van der Waals surface area contributed by atoms with E-state index >= 15 is 0 Å². The molecule has 1 aliphatic rings. The predicted molar refractivity (Wildman–Crippen MR) is 83.0 cm³/mol. The van der Waals surface area contributed by atoms with Crippen molar-refractivity contribution in [2.75, 3.05) is 0 Å². The summed E-state index contributed by atoms with van der Waals surface area (Å²) in [4.78, 5) is 0. The molecule has 21 heavy (non-hydrogen) atoms. The third kappa shape index (κ3) is 3.38. The lowest BCUT2D eigenvalue weighted by molar-refractivity contribution is 0.253. The maximum Gasteiger partial charge on any atom is 0.250 e. The van der Waals surface area contributed by atoms with Crippen LogP contribution in [0, 0.1) is 5.92 Å². The Balaban J connectivity index is 2.27. The normalized spacial score (nSPS) is 27.7. The van der Waals surface area contributed by atoms with Gasteiger partial charge < -0.3 is 10.9 Å². The summed E-state index contributed by atoms with van der Waals surface area (Å²) in [5.74, 6) is 0.507. The molecule has 1 saturated carbocycles. The van der Waals surface area contributed by atoms with Gasteiger partial charge in [-0.15, -0.1) is 11.3 Å². The molecule has 118 valence electrons. The Bertz CT molecular complexity index is 588. The second-order valence-corrected chi connectivity index (χ2v) is 8.31. The quantitative estimate of drug-likeness (QED) is 0.332. The molecule has 1 aromatic rings. The number of nitrogens with one attached hydrogen (secondary N) is 1. The van der Waals surface area contributed by atoms with Crippen LogP contribution in [0.5, 0.6) is 0 Å². The molecule has 0 aromatic carbocycles. The second-order valence-electron chi connectivity index (χ2n) is 5.46. The van der Waals surface area contributed by atoms with Gasteiger partial charge in [0, 0.05) is 0 Å². The number of nitrogens with two attached hydrogens (primary N) is 1. The zero-order chi connectivity index (χ0) is 15.5. The molecule has 1 heterocycles. The highest BCUT2D eigenvalue weighted by molar-refractivity contribution is 7.91. The van der Waals surface area contributed by atoms with E-state index < -0.39 is 15.6 Å². The first kappa shape index (κ1) is 16.3. The van der Waals surface area contributed by atoms with Gasteiger partial charge in [-0.3, -0.25) is 0 Å². The number of thiophene rings is 1. The fraction of sp³-hybridized carbons (Fsp3) is 0.615. The van der Waals surface area contributed by atoms with Gasteiger partial charge >= 0.3 is 0 Å². The zero-order valence-corrected chi connectivity index (χ0v) is 13.6. The molecule has 2 rings (SSSR count). The van der Waals surface area contributed by atoms with E-state index in [0.717, 1.165) is 30.6 Å². The number of sulfonamides is 1. The number of hydrogen-bond donors (Lipinski definition) is 3. The van der Waals surface area contributed by atoms with Gasteiger partial charge in [0.2, 0.25) is 0 Å². The molecule has 0 aliphatic heterocycles. The summed E-state index contributed by atoms with van der Waals surface area (Å²) in [6.45, 7) is 2.12. The first-order chi connectivity index (χ1) is 9.93. The van der Waals surface area contributed by atoms with Crippen LogP contribution in [-0.2, 0) is 10.0 Å². The van der Waals surface area contributed by atoms with Gasteiger partial charge in [0.1, 0.15) is 4.21 Å². The van der Waals surface area contributed by atoms with Gasteiger partial charge in [0.05, 0.1) is 5.54 Å². The number of oxime groups is 1. The van der Waals surface area contributed by atoms with Crippen LogP contribution in [0.3, 0.4) is 0 Å². The topological polar surface area (TPSA) is 105 Å². The van der Waals surface area contributed by atoms with Gasteiger partial charge in [-0.25, -0.2) is 8.42 Å². The third-order valence-corrected chi connectivity index (χ3v) is 7.16. The molecule has 0 unspecified atom stereocenters. The fourth-order valence-electron chi connectivity index (χ4n) is 2.81. The maximum atomic E-state index is 12.4. The van der Waals surface area contributed by atoms with E-state index in [1.165, 1.54) is 0 Å². The first-order valence-electron chi connectivity index (χ1n) is 6.99. The van der Waals surface area contributed by atoms with Crippen LogP contribution < -0.4 is 10.5 Å². The lowest BCUT2D eigenvalue weighted by Crippen LogP contribution is -2.58. The SMILES string of the molecule is CCC1CCC(NS(=O)(=O)c2cccs2)(/C(N)=N/O)CC1.